The zero-order valence-corrected chi connectivity index (χ0v) is 16.9. The lowest BCUT2D eigenvalue weighted by atomic mass is 10.1. The lowest BCUT2D eigenvalue weighted by molar-refractivity contribution is 0.171. The van der Waals surface area contributed by atoms with Crippen LogP contribution >= 0.6 is 0 Å². The third-order valence-electron chi connectivity index (χ3n) is 4.52. The van der Waals surface area contributed by atoms with E-state index in [1.165, 1.54) is 23.5 Å². The first kappa shape index (κ1) is 19.3. The minimum atomic E-state index is -3.77. The van der Waals surface area contributed by atoms with Crippen LogP contribution in [0.4, 0.5) is 0 Å². The standard InChI is InChI=1S/C20H20N4O4S/c1-14-22-12-16(17-5-3-4-8-21-17)18(23-14)13-24(2)29(25,26)15-6-7-19-20(11-15)28-10-9-27-19/h3-8,11-12H,9-10,13H2,1-2H3. The van der Waals surface area contributed by atoms with E-state index >= 15 is 0 Å². The molecule has 1 aliphatic rings. The largest absolute Gasteiger partial charge is 0.486 e. The molecule has 0 N–H and O–H groups in total. The lowest BCUT2D eigenvalue weighted by Crippen LogP contribution is -2.27. The van der Waals surface area contributed by atoms with Crippen LogP contribution < -0.4 is 9.47 Å². The summed E-state index contributed by atoms with van der Waals surface area (Å²) in [6.45, 7) is 2.68. The van der Waals surface area contributed by atoms with Gasteiger partial charge in [-0.2, -0.15) is 4.31 Å². The highest BCUT2D eigenvalue weighted by atomic mass is 32.2. The fraction of sp³-hybridized carbons (Fsp3) is 0.250. The SMILES string of the molecule is Cc1ncc(-c2ccccn2)c(CN(C)S(=O)(=O)c2ccc3c(c2)OCCO3)n1. The summed E-state index contributed by atoms with van der Waals surface area (Å²) >= 11 is 0. The Hall–Kier alpha value is -3.04. The molecule has 4 rings (SSSR count). The summed E-state index contributed by atoms with van der Waals surface area (Å²) in [5, 5.41) is 0. The molecule has 0 aliphatic carbocycles. The molecule has 0 radical (unpaired) electrons. The number of hydrogen-bond donors (Lipinski definition) is 0. The summed E-state index contributed by atoms with van der Waals surface area (Å²) < 4.78 is 38.5. The quantitative estimate of drug-likeness (QED) is 0.635. The third kappa shape index (κ3) is 3.92. The second-order valence-electron chi connectivity index (χ2n) is 6.56. The maximum absolute atomic E-state index is 13.1. The van der Waals surface area contributed by atoms with E-state index in [1.54, 1.807) is 25.4 Å². The van der Waals surface area contributed by atoms with Gasteiger partial charge in [0.2, 0.25) is 10.0 Å². The van der Waals surface area contributed by atoms with E-state index in [-0.39, 0.29) is 11.4 Å². The predicted molar refractivity (Wildman–Crippen MR) is 106 cm³/mol. The van der Waals surface area contributed by atoms with Gasteiger partial charge in [0.05, 0.1) is 22.8 Å². The van der Waals surface area contributed by atoms with E-state index in [0.717, 1.165) is 0 Å². The van der Waals surface area contributed by atoms with Crippen LogP contribution in [0.2, 0.25) is 0 Å². The zero-order valence-electron chi connectivity index (χ0n) is 16.1. The minimum absolute atomic E-state index is 0.0754. The first-order chi connectivity index (χ1) is 13.9. The number of sulfonamides is 1. The van der Waals surface area contributed by atoms with Gasteiger partial charge in [0.1, 0.15) is 19.0 Å². The Kier molecular flexibility index (Phi) is 5.16. The predicted octanol–water partition coefficient (Wildman–Crippen LogP) is 2.44. The molecule has 8 nitrogen and oxygen atoms in total. The number of nitrogens with zero attached hydrogens (tertiary/aromatic N) is 4. The van der Waals surface area contributed by atoms with Crippen molar-refractivity contribution in [2.45, 2.75) is 18.4 Å². The summed E-state index contributed by atoms with van der Waals surface area (Å²) in [6, 6.07) is 10.1. The Labute approximate surface area is 169 Å². The molecule has 0 amide bonds. The number of hydrogen-bond acceptors (Lipinski definition) is 7. The van der Waals surface area contributed by atoms with Crippen molar-refractivity contribution in [2.24, 2.45) is 0 Å². The molecule has 0 unspecified atom stereocenters. The molecule has 0 saturated carbocycles. The van der Waals surface area contributed by atoms with Crippen molar-refractivity contribution in [3.8, 4) is 22.8 Å². The van der Waals surface area contributed by atoms with E-state index < -0.39 is 10.0 Å². The van der Waals surface area contributed by atoms with Gasteiger partial charge in [0, 0.05) is 31.1 Å². The number of benzene rings is 1. The maximum atomic E-state index is 13.1. The number of aromatic nitrogens is 3. The second kappa shape index (κ2) is 7.76. The summed E-state index contributed by atoms with van der Waals surface area (Å²) in [5.74, 6) is 1.53. The van der Waals surface area contributed by atoms with Crippen LogP contribution in [0.15, 0.2) is 53.7 Å². The average Bonchev–Trinajstić information content (AvgIpc) is 2.74. The molecule has 3 aromatic rings. The van der Waals surface area contributed by atoms with Crippen LogP contribution in [0.1, 0.15) is 11.5 Å². The van der Waals surface area contributed by atoms with Crippen molar-refractivity contribution < 1.29 is 17.9 Å². The van der Waals surface area contributed by atoms with Gasteiger partial charge in [-0.15, -0.1) is 0 Å². The fourth-order valence-corrected chi connectivity index (χ4v) is 4.18. The molecule has 2 aromatic heterocycles. The molecule has 150 valence electrons. The van der Waals surface area contributed by atoms with Crippen LogP contribution in [-0.2, 0) is 16.6 Å². The highest BCUT2D eigenvalue weighted by Crippen LogP contribution is 2.33. The van der Waals surface area contributed by atoms with Gasteiger partial charge >= 0.3 is 0 Å². The number of ether oxygens (including phenoxy) is 2. The Morgan fingerprint density at radius 1 is 1.07 bits per heavy atom. The first-order valence-electron chi connectivity index (χ1n) is 9.05. The molecule has 0 atom stereocenters. The van der Waals surface area contributed by atoms with E-state index in [9.17, 15) is 8.42 Å². The summed E-state index contributed by atoms with van der Waals surface area (Å²) in [4.78, 5) is 13.2. The number of rotatable bonds is 5. The molecule has 29 heavy (non-hydrogen) atoms. The second-order valence-corrected chi connectivity index (χ2v) is 8.60. The molecule has 0 fully saturated rings. The number of aryl methyl sites for hydroxylation is 1. The molecule has 0 bridgehead atoms. The third-order valence-corrected chi connectivity index (χ3v) is 6.32. The van der Waals surface area contributed by atoms with Gasteiger partial charge in [0.25, 0.3) is 0 Å². The van der Waals surface area contributed by atoms with Crippen LogP contribution in [0.5, 0.6) is 11.5 Å². The van der Waals surface area contributed by atoms with Crippen molar-refractivity contribution in [1.29, 1.82) is 0 Å². The highest BCUT2D eigenvalue weighted by Gasteiger charge is 2.25. The molecule has 1 aliphatic heterocycles. The monoisotopic (exact) mass is 412 g/mol. The summed E-state index contributed by atoms with van der Waals surface area (Å²) in [7, 11) is -2.25. The van der Waals surface area contributed by atoms with Crippen LogP contribution in [0.25, 0.3) is 11.3 Å². The normalized spacial score (nSPS) is 13.5. The topological polar surface area (TPSA) is 94.5 Å². The van der Waals surface area contributed by atoms with Crippen LogP contribution in [-0.4, -0.2) is 47.9 Å². The van der Waals surface area contributed by atoms with Crippen molar-refractivity contribution in [3.05, 3.63) is 60.3 Å². The summed E-state index contributed by atoms with van der Waals surface area (Å²) in [6.07, 6.45) is 3.35. The van der Waals surface area contributed by atoms with E-state index in [2.05, 4.69) is 15.0 Å². The Balaban J connectivity index is 1.66. The molecular weight excluding hydrogens is 392 g/mol. The van der Waals surface area contributed by atoms with E-state index in [4.69, 9.17) is 9.47 Å². The number of pyridine rings is 1. The Morgan fingerprint density at radius 2 is 1.86 bits per heavy atom. The number of fused-ring (bicyclic) bond motifs is 1. The van der Waals surface area contributed by atoms with E-state index in [1.807, 2.05) is 18.2 Å². The van der Waals surface area contributed by atoms with Crippen molar-refractivity contribution in [3.63, 3.8) is 0 Å². The van der Waals surface area contributed by atoms with Crippen LogP contribution in [0.3, 0.4) is 0 Å². The van der Waals surface area contributed by atoms with Gasteiger partial charge < -0.3 is 9.47 Å². The first-order valence-corrected chi connectivity index (χ1v) is 10.5. The van der Waals surface area contributed by atoms with Gasteiger partial charge in [-0.05, 0) is 31.2 Å². The fourth-order valence-electron chi connectivity index (χ4n) is 3.03. The molecular formula is C20H20N4O4S. The molecule has 9 heteroatoms. The van der Waals surface area contributed by atoms with Crippen LogP contribution in [0, 0.1) is 6.92 Å². The van der Waals surface area contributed by atoms with Gasteiger partial charge in [-0.1, -0.05) is 6.07 Å². The molecule has 1 aromatic carbocycles. The van der Waals surface area contributed by atoms with Crippen molar-refractivity contribution in [1.82, 2.24) is 19.3 Å². The molecule has 0 spiro atoms. The van der Waals surface area contributed by atoms with E-state index in [0.29, 0.717) is 47.5 Å². The zero-order chi connectivity index (χ0) is 20.4. The molecule has 3 heterocycles. The van der Waals surface area contributed by atoms with Crippen molar-refractivity contribution >= 4 is 10.0 Å². The Bertz CT molecular complexity index is 1140. The van der Waals surface area contributed by atoms with Gasteiger partial charge in [-0.3, -0.25) is 4.98 Å². The highest BCUT2D eigenvalue weighted by molar-refractivity contribution is 7.89. The lowest BCUT2D eigenvalue weighted by Gasteiger charge is -2.21. The summed E-state index contributed by atoms with van der Waals surface area (Å²) in [5.41, 5.74) is 1.97. The van der Waals surface area contributed by atoms with Crippen molar-refractivity contribution in [2.75, 3.05) is 20.3 Å². The van der Waals surface area contributed by atoms with Gasteiger partial charge in [-0.25, -0.2) is 18.4 Å². The Morgan fingerprint density at radius 3 is 2.62 bits per heavy atom. The maximum Gasteiger partial charge on any atom is 0.243 e. The molecule has 0 saturated heterocycles. The average molecular weight is 412 g/mol. The smallest absolute Gasteiger partial charge is 0.243 e. The minimum Gasteiger partial charge on any atom is -0.486 e. The van der Waals surface area contributed by atoms with Gasteiger partial charge in [0.15, 0.2) is 11.5 Å².